The van der Waals surface area contributed by atoms with Gasteiger partial charge in [0.1, 0.15) is 0 Å². The number of hydrogen-bond acceptors (Lipinski definition) is 4. The molecule has 0 aliphatic heterocycles. The summed E-state index contributed by atoms with van der Waals surface area (Å²) in [5, 5.41) is 12.0. The highest BCUT2D eigenvalue weighted by atomic mass is 35.5. The SMILES string of the molecule is CCC(C)(CO)NC(=O)c1ccc(Cl)c(S(C)(=O)=O)c1. The molecule has 0 bridgehead atoms. The van der Waals surface area contributed by atoms with Gasteiger partial charge in [-0.2, -0.15) is 0 Å². The maximum absolute atomic E-state index is 12.1. The minimum Gasteiger partial charge on any atom is -0.394 e. The van der Waals surface area contributed by atoms with Gasteiger partial charge in [-0.3, -0.25) is 4.79 Å². The first-order chi connectivity index (χ1) is 9.13. The van der Waals surface area contributed by atoms with Crippen LogP contribution in [-0.4, -0.2) is 37.8 Å². The lowest BCUT2D eigenvalue weighted by atomic mass is 9.99. The highest BCUT2D eigenvalue weighted by Crippen LogP contribution is 2.23. The van der Waals surface area contributed by atoms with E-state index in [9.17, 15) is 18.3 Å². The van der Waals surface area contributed by atoms with Crippen molar-refractivity contribution in [1.29, 1.82) is 0 Å². The van der Waals surface area contributed by atoms with Crippen LogP contribution in [0.2, 0.25) is 5.02 Å². The summed E-state index contributed by atoms with van der Waals surface area (Å²) in [6.45, 7) is 3.33. The van der Waals surface area contributed by atoms with Gasteiger partial charge in [0.2, 0.25) is 0 Å². The van der Waals surface area contributed by atoms with Gasteiger partial charge in [0.15, 0.2) is 9.84 Å². The Balaban J connectivity index is 3.13. The quantitative estimate of drug-likeness (QED) is 0.864. The molecule has 5 nitrogen and oxygen atoms in total. The fraction of sp³-hybridized carbons (Fsp3) is 0.462. The molecular formula is C13H18ClNO4S. The Hall–Kier alpha value is -1.11. The molecule has 0 saturated heterocycles. The molecule has 2 N–H and O–H groups in total. The van der Waals surface area contributed by atoms with Crippen LogP contribution in [0.4, 0.5) is 0 Å². The first-order valence-corrected chi connectivity index (χ1v) is 8.33. The van der Waals surface area contributed by atoms with Crippen molar-refractivity contribution in [3.63, 3.8) is 0 Å². The number of hydrogen-bond donors (Lipinski definition) is 2. The monoisotopic (exact) mass is 319 g/mol. The molecule has 1 amide bonds. The van der Waals surface area contributed by atoms with Gasteiger partial charge >= 0.3 is 0 Å². The van der Waals surface area contributed by atoms with Crippen molar-refractivity contribution in [3.8, 4) is 0 Å². The van der Waals surface area contributed by atoms with Crippen LogP contribution in [0.15, 0.2) is 23.1 Å². The summed E-state index contributed by atoms with van der Waals surface area (Å²) in [7, 11) is -3.51. The maximum Gasteiger partial charge on any atom is 0.251 e. The Morgan fingerprint density at radius 1 is 1.45 bits per heavy atom. The summed E-state index contributed by atoms with van der Waals surface area (Å²) >= 11 is 5.82. The third-order valence-corrected chi connectivity index (χ3v) is 4.72. The standard InChI is InChI=1S/C13H18ClNO4S/c1-4-13(2,8-16)15-12(17)9-5-6-10(14)11(7-9)20(3,18)19/h5-7,16H,4,8H2,1-3H3,(H,15,17). The number of carbonyl (C=O) groups excluding carboxylic acids is 1. The molecule has 1 unspecified atom stereocenters. The Kier molecular flexibility index (Phi) is 5.18. The average molecular weight is 320 g/mol. The Labute approximate surface area is 123 Å². The maximum atomic E-state index is 12.1. The van der Waals surface area contributed by atoms with E-state index >= 15 is 0 Å². The molecule has 1 aromatic rings. The lowest BCUT2D eigenvalue weighted by molar-refractivity contribution is 0.0847. The number of aliphatic hydroxyl groups excluding tert-OH is 1. The van der Waals surface area contributed by atoms with E-state index in [0.29, 0.717) is 6.42 Å². The molecule has 112 valence electrons. The largest absolute Gasteiger partial charge is 0.394 e. The second-order valence-corrected chi connectivity index (χ2v) is 7.34. The molecule has 0 saturated carbocycles. The van der Waals surface area contributed by atoms with Gasteiger partial charge in [0.25, 0.3) is 5.91 Å². The molecule has 0 fully saturated rings. The van der Waals surface area contributed by atoms with E-state index in [2.05, 4.69) is 5.32 Å². The Morgan fingerprint density at radius 3 is 2.50 bits per heavy atom. The molecule has 7 heteroatoms. The molecule has 1 atom stereocenters. The second kappa shape index (κ2) is 6.11. The van der Waals surface area contributed by atoms with Crippen molar-refractivity contribution in [3.05, 3.63) is 28.8 Å². The van der Waals surface area contributed by atoms with E-state index < -0.39 is 21.3 Å². The summed E-state index contributed by atoms with van der Waals surface area (Å²) in [6.07, 6.45) is 1.57. The van der Waals surface area contributed by atoms with Gasteiger partial charge in [-0.05, 0) is 31.5 Å². The number of benzene rings is 1. The number of halogens is 1. The van der Waals surface area contributed by atoms with Crippen LogP contribution in [0, 0.1) is 0 Å². The van der Waals surface area contributed by atoms with Crippen molar-refractivity contribution in [2.75, 3.05) is 12.9 Å². The topological polar surface area (TPSA) is 83.5 Å². The van der Waals surface area contributed by atoms with Crippen LogP contribution in [0.1, 0.15) is 30.6 Å². The van der Waals surface area contributed by atoms with Crippen molar-refractivity contribution in [1.82, 2.24) is 5.32 Å². The average Bonchev–Trinajstić information content (AvgIpc) is 2.37. The minimum atomic E-state index is -3.51. The molecule has 0 aromatic heterocycles. The normalized spacial score (nSPS) is 14.7. The summed E-state index contributed by atoms with van der Waals surface area (Å²) in [6, 6.07) is 4.05. The summed E-state index contributed by atoms with van der Waals surface area (Å²) in [5.74, 6) is -0.454. The first-order valence-electron chi connectivity index (χ1n) is 6.06. The minimum absolute atomic E-state index is 0.0736. The van der Waals surface area contributed by atoms with E-state index in [1.807, 2.05) is 6.92 Å². The predicted octanol–water partition coefficient (Wildman–Crippen LogP) is 1.63. The lowest BCUT2D eigenvalue weighted by Crippen LogP contribution is -2.48. The number of sulfone groups is 1. The third kappa shape index (κ3) is 3.94. The molecule has 1 rings (SSSR count). The molecule has 20 heavy (non-hydrogen) atoms. The molecule has 0 aliphatic carbocycles. The lowest BCUT2D eigenvalue weighted by Gasteiger charge is -2.27. The number of nitrogens with one attached hydrogen (secondary N) is 1. The zero-order valence-electron chi connectivity index (χ0n) is 11.6. The molecule has 0 aliphatic rings. The van der Waals surface area contributed by atoms with Crippen molar-refractivity contribution in [2.45, 2.75) is 30.7 Å². The van der Waals surface area contributed by atoms with Crippen LogP contribution >= 0.6 is 11.6 Å². The fourth-order valence-corrected chi connectivity index (χ4v) is 2.82. The molecule has 1 aromatic carbocycles. The van der Waals surface area contributed by atoms with E-state index in [4.69, 9.17) is 11.6 Å². The number of amides is 1. The van der Waals surface area contributed by atoms with Crippen molar-refractivity contribution >= 4 is 27.3 Å². The summed E-state index contributed by atoms with van der Waals surface area (Å²) < 4.78 is 23.1. The Morgan fingerprint density at radius 2 is 2.05 bits per heavy atom. The van der Waals surface area contributed by atoms with Gasteiger partial charge in [0, 0.05) is 11.8 Å². The fourth-order valence-electron chi connectivity index (χ4n) is 1.51. The number of aliphatic hydroxyl groups is 1. The zero-order valence-corrected chi connectivity index (χ0v) is 13.2. The smallest absolute Gasteiger partial charge is 0.251 e. The molecule has 0 radical (unpaired) electrons. The molecule has 0 spiro atoms. The van der Waals surface area contributed by atoms with Gasteiger partial charge in [-0.25, -0.2) is 8.42 Å². The molecular weight excluding hydrogens is 302 g/mol. The number of carbonyl (C=O) groups is 1. The van der Waals surface area contributed by atoms with Crippen LogP contribution in [0.5, 0.6) is 0 Å². The predicted molar refractivity (Wildman–Crippen MR) is 77.8 cm³/mol. The number of rotatable bonds is 5. The highest BCUT2D eigenvalue weighted by Gasteiger charge is 2.24. The van der Waals surface area contributed by atoms with E-state index in [1.165, 1.54) is 18.2 Å². The Bertz CT molecular complexity index is 609. The van der Waals surface area contributed by atoms with Crippen LogP contribution in [0.3, 0.4) is 0 Å². The van der Waals surface area contributed by atoms with Crippen LogP contribution in [-0.2, 0) is 9.84 Å². The second-order valence-electron chi connectivity index (χ2n) is 4.94. The van der Waals surface area contributed by atoms with Gasteiger partial charge in [0.05, 0.1) is 22.1 Å². The van der Waals surface area contributed by atoms with Crippen molar-refractivity contribution in [2.24, 2.45) is 0 Å². The zero-order chi connectivity index (χ0) is 15.6. The van der Waals surface area contributed by atoms with Gasteiger partial charge < -0.3 is 10.4 Å². The van der Waals surface area contributed by atoms with E-state index in [1.54, 1.807) is 6.92 Å². The van der Waals surface area contributed by atoms with Gasteiger partial charge in [-0.1, -0.05) is 18.5 Å². The first kappa shape index (κ1) is 16.9. The molecule has 0 heterocycles. The van der Waals surface area contributed by atoms with E-state index in [-0.39, 0.29) is 22.1 Å². The van der Waals surface area contributed by atoms with Crippen LogP contribution in [0.25, 0.3) is 0 Å². The third-order valence-electron chi connectivity index (χ3n) is 3.14. The van der Waals surface area contributed by atoms with Gasteiger partial charge in [-0.15, -0.1) is 0 Å². The summed E-state index contributed by atoms with van der Waals surface area (Å²) in [5.41, 5.74) is -0.565. The van der Waals surface area contributed by atoms with E-state index in [0.717, 1.165) is 6.26 Å². The highest BCUT2D eigenvalue weighted by molar-refractivity contribution is 7.90. The summed E-state index contributed by atoms with van der Waals surface area (Å²) in [4.78, 5) is 12.0. The van der Waals surface area contributed by atoms with Crippen molar-refractivity contribution < 1.29 is 18.3 Å². The van der Waals surface area contributed by atoms with Crippen LogP contribution < -0.4 is 5.32 Å².